The van der Waals surface area contributed by atoms with Crippen molar-refractivity contribution in [1.82, 2.24) is 4.57 Å². The molecule has 0 atom stereocenters. The van der Waals surface area contributed by atoms with Crippen LogP contribution in [0.5, 0.6) is 11.6 Å². The first-order valence-corrected chi connectivity index (χ1v) is 6.79. The minimum absolute atomic E-state index is 0.0436. The van der Waals surface area contributed by atoms with Crippen LogP contribution in [0.25, 0.3) is 10.9 Å². The molecular weight excluding hydrogens is 272 g/mol. The maximum Gasteiger partial charge on any atom is 0.270 e. The highest BCUT2D eigenvalue weighted by Crippen LogP contribution is 2.49. The van der Waals surface area contributed by atoms with Crippen LogP contribution < -0.4 is 9.47 Å². The predicted molar refractivity (Wildman–Crippen MR) is 79.0 cm³/mol. The third-order valence-electron chi connectivity index (χ3n) is 4.45. The number of rotatable bonds is 1. The molecule has 0 aliphatic carbocycles. The molecule has 6 nitrogen and oxygen atoms in total. The number of non-ortho nitro benzene ring substituents is 1. The van der Waals surface area contributed by atoms with Crippen LogP contribution in [0.15, 0.2) is 18.2 Å². The molecule has 2 heterocycles. The zero-order valence-corrected chi connectivity index (χ0v) is 12.8. The Kier molecular flexibility index (Phi) is 2.55. The largest absolute Gasteiger partial charge is 0.477 e. The summed E-state index contributed by atoms with van der Waals surface area (Å²) in [5.41, 5.74) is -0.159. The molecular formula is C15H18N2O4. The van der Waals surface area contributed by atoms with Crippen LogP contribution in [0.3, 0.4) is 0 Å². The standard InChI is InChI=1S/C15H18N2O4/c1-14(2)15(3,4)21-13-12(20-14)10-8-9(17(18)19)6-7-11(10)16(13)5/h6-8H,1-5H3. The number of fused-ring (bicyclic) bond motifs is 3. The molecule has 0 saturated heterocycles. The minimum Gasteiger partial charge on any atom is -0.477 e. The summed E-state index contributed by atoms with van der Waals surface area (Å²) >= 11 is 0. The van der Waals surface area contributed by atoms with E-state index < -0.39 is 16.1 Å². The van der Waals surface area contributed by atoms with Crippen molar-refractivity contribution in [3.8, 4) is 11.6 Å². The molecule has 1 aliphatic heterocycles. The van der Waals surface area contributed by atoms with Crippen molar-refractivity contribution in [3.05, 3.63) is 28.3 Å². The van der Waals surface area contributed by atoms with Crippen molar-refractivity contribution in [1.29, 1.82) is 0 Å². The van der Waals surface area contributed by atoms with Crippen molar-refractivity contribution in [2.45, 2.75) is 38.9 Å². The second kappa shape index (κ2) is 3.90. The summed E-state index contributed by atoms with van der Waals surface area (Å²) in [6, 6.07) is 4.74. The van der Waals surface area contributed by atoms with Crippen LogP contribution in [0.2, 0.25) is 0 Å². The molecule has 21 heavy (non-hydrogen) atoms. The van der Waals surface area contributed by atoms with Crippen molar-refractivity contribution >= 4 is 16.6 Å². The average Bonchev–Trinajstić information content (AvgIpc) is 2.62. The van der Waals surface area contributed by atoms with E-state index in [0.717, 1.165) is 5.52 Å². The SMILES string of the molecule is Cn1c2c(c3cc([N+](=O)[O-])ccc31)OC(C)(C)C(C)(C)O2. The van der Waals surface area contributed by atoms with Crippen LogP contribution in [0.1, 0.15) is 27.7 Å². The average molecular weight is 290 g/mol. The van der Waals surface area contributed by atoms with Gasteiger partial charge in [-0.25, -0.2) is 0 Å². The Hall–Kier alpha value is -2.24. The number of ether oxygens (including phenoxy) is 2. The van der Waals surface area contributed by atoms with Gasteiger partial charge in [-0.3, -0.25) is 10.1 Å². The van der Waals surface area contributed by atoms with E-state index in [2.05, 4.69) is 0 Å². The number of aryl methyl sites for hydroxylation is 1. The highest BCUT2D eigenvalue weighted by atomic mass is 16.6. The topological polar surface area (TPSA) is 66.5 Å². The molecule has 0 bridgehead atoms. The van der Waals surface area contributed by atoms with Crippen LogP contribution >= 0.6 is 0 Å². The highest BCUT2D eigenvalue weighted by molar-refractivity contribution is 5.92. The summed E-state index contributed by atoms with van der Waals surface area (Å²) in [7, 11) is 1.87. The third-order valence-corrected chi connectivity index (χ3v) is 4.45. The number of hydrogen-bond acceptors (Lipinski definition) is 4. The number of aromatic nitrogens is 1. The first kappa shape index (κ1) is 13.7. The Labute approximate surface area is 122 Å². The van der Waals surface area contributed by atoms with Gasteiger partial charge in [-0.15, -0.1) is 0 Å². The molecule has 6 heteroatoms. The zero-order chi connectivity index (χ0) is 15.6. The summed E-state index contributed by atoms with van der Waals surface area (Å²) < 4.78 is 14.1. The minimum atomic E-state index is -0.543. The molecule has 0 spiro atoms. The van der Waals surface area contributed by atoms with Gasteiger partial charge in [0.05, 0.1) is 15.8 Å². The summed E-state index contributed by atoms with van der Waals surface area (Å²) in [6.45, 7) is 7.84. The van der Waals surface area contributed by atoms with E-state index in [0.29, 0.717) is 17.0 Å². The highest BCUT2D eigenvalue weighted by Gasteiger charge is 2.47. The normalized spacial score (nSPS) is 18.7. The summed E-state index contributed by atoms with van der Waals surface area (Å²) in [5, 5.41) is 11.7. The van der Waals surface area contributed by atoms with E-state index in [1.54, 1.807) is 6.07 Å². The van der Waals surface area contributed by atoms with Gasteiger partial charge in [0.2, 0.25) is 5.88 Å². The summed E-state index contributed by atoms with van der Waals surface area (Å²) in [4.78, 5) is 10.6. The molecule has 0 amide bonds. The van der Waals surface area contributed by atoms with Gasteiger partial charge in [0.15, 0.2) is 5.75 Å². The Morgan fingerprint density at radius 3 is 2.38 bits per heavy atom. The quantitative estimate of drug-likeness (QED) is 0.596. The van der Waals surface area contributed by atoms with E-state index in [1.165, 1.54) is 12.1 Å². The molecule has 1 aliphatic rings. The lowest BCUT2D eigenvalue weighted by molar-refractivity contribution is -0.384. The van der Waals surface area contributed by atoms with Crippen LogP contribution in [0.4, 0.5) is 5.69 Å². The molecule has 0 unspecified atom stereocenters. The second-order valence-corrected chi connectivity index (χ2v) is 6.38. The second-order valence-electron chi connectivity index (χ2n) is 6.38. The predicted octanol–water partition coefficient (Wildman–Crippen LogP) is 3.41. The van der Waals surface area contributed by atoms with E-state index in [-0.39, 0.29) is 5.69 Å². The van der Waals surface area contributed by atoms with Gasteiger partial charge in [-0.2, -0.15) is 0 Å². The molecule has 2 aromatic rings. The lowest BCUT2D eigenvalue weighted by atomic mass is 9.88. The van der Waals surface area contributed by atoms with Crippen LogP contribution in [0, 0.1) is 10.1 Å². The Morgan fingerprint density at radius 2 is 1.76 bits per heavy atom. The molecule has 1 aromatic carbocycles. The van der Waals surface area contributed by atoms with Crippen molar-refractivity contribution in [2.24, 2.45) is 7.05 Å². The zero-order valence-electron chi connectivity index (χ0n) is 12.8. The van der Waals surface area contributed by atoms with Gasteiger partial charge in [-0.05, 0) is 33.8 Å². The number of nitro benzene ring substituents is 1. The fourth-order valence-electron chi connectivity index (χ4n) is 2.44. The Balaban J connectivity index is 2.29. The third kappa shape index (κ3) is 1.78. The summed E-state index contributed by atoms with van der Waals surface area (Å²) in [6.07, 6.45) is 0. The lowest BCUT2D eigenvalue weighted by Crippen LogP contribution is -2.56. The monoisotopic (exact) mass is 290 g/mol. The van der Waals surface area contributed by atoms with Gasteiger partial charge in [0, 0.05) is 19.2 Å². The van der Waals surface area contributed by atoms with E-state index in [9.17, 15) is 10.1 Å². The number of benzene rings is 1. The lowest BCUT2D eigenvalue weighted by Gasteiger charge is -2.45. The van der Waals surface area contributed by atoms with E-state index in [4.69, 9.17) is 9.47 Å². The van der Waals surface area contributed by atoms with Gasteiger partial charge < -0.3 is 14.0 Å². The number of nitrogens with zero attached hydrogens (tertiary/aromatic N) is 2. The van der Waals surface area contributed by atoms with Gasteiger partial charge in [-0.1, -0.05) is 0 Å². The molecule has 0 saturated carbocycles. The smallest absolute Gasteiger partial charge is 0.270 e. The first-order chi connectivity index (χ1) is 9.64. The van der Waals surface area contributed by atoms with Gasteiger partial charge in [0.25, 0.3) is 5.69 Å². The molecule has 0 radical (unpaired) electrons. The molecule has 1 aromatic heterocycles. The van der Waals surface area contributed by atoms with E-state index in [1.807, 2.05) is 39.3 Å². The van der Waals surface area contributed by atoms with Crippen molar-refractivity contribution in [2.75, 3.05) is 0 Å². The Morgan fingerprint density at radius 1 is 1.14 bits per heavy atom. The summed E-state index contributed by atoms with van der Waals surface area (Å²) in [5.74, 6) is 1.18. The first-order valence-electron chi connectivity index (χ1n) is 6.79. The Bertz CT molecular complexity index is 759. The maximum absolute atomic E-state index is 11.0. The number of hydrogen-bond donors (Lipinski definition) is 0. The molecule has 0 N–H and O–H groups in total. The maximum atomic E-state index is 11.0. The van der Waals surface area contributed by atoms with Crippen molar-refractivity contribution < 1.29 is 14.4 Å². The van der Waals surface area contributed by atoms with Crippen LogP contribution in [-0.2, 0) is 7.05 Å². The molecule has 112 valence electrons. The fraction of sp³-hybridized carbons (Fsp3) is 0.467. The van der Waals surface area contributed by atoms with E-state index >= 15 is 0 Å². The molecule has 3 rings (SSSR count). The fourth-order valence-corrected chi connectivity index (χ4v) is 2.44. The van der Waals surface area contributed by atoms with Crippen molar-refractivity contribution in [3.63, 3.8) is 0 Å². The number of nitro groups is 1. The molecule has 0 fully saturated rings. The van der Waals surface area contributed by atoms with Gasteiger partial charge >= 0.3 is 0 Å². The van der Waals surface area contributed by atoms with Crippen LogP contribution in [-0.4, -0.2) is 20.7 Å². The van der Waals surface area contributed by atoms with Gasteiger partial charge in [0.1, 0.15) is 11.2 Å².